The number of rotatable bonds is 4. The summed E-state index contributed by atoms with van der Waals surface area (Å²) in [5, 5.41) is 10.7. The van der Waals surface area contributed by atoms with Gasteiger partial charge in [0.15, 0.2) is 0 Å². The fourth-order valence-corrected chi connectivity index (χ4v) is 1.81. The summed E-state index contributed by atoms with van der Waals surface area (Å²) in [6.07, 6.45) is 3.27. The van der Waals surface area contributed by atoms with Gasteiger partial charge in [0.25, 0.3) is 5.69 Å². The zero-order valence-electron chi connectivity index (χ0n) is 11.8. The van der Waals surface area contributed by atoms with Crippen LogP contribution in [0, 0.1) is 17.0 Å². The lowest BCUT2D eigenvalue weighted by atomic mass is 10.2. The van der Waals surface area contributed by atoms with Crippen LogP contribution in [0.5, 0.6) is 11.5 Å². The molecule has 108 valence electrons. The molecule has 0 atom stereocenters. The fourth-order valence-electron chi connectivity index (χ4n) is 1.81. The van der Waals surface area contributed by atoms with Gasteiger partial charge in [-0.05, 0) is 24.6 Å². The Balaban J connectivity index is 2.34. The van der Waals surface area contributed by atoms with Gasteiger partial charge in [0.2, 0.25) is 0 Å². The van der Waals surface area contributed by atoms with Crippen molar-refractivity contribution in [1.29, 1.82) is 0 Å². The zero-order chi connectivity index (χ0) is 15.4. The van der Waals surface area contributed by atoms with Crippen LogP contribution < -0.4 is 10.2 Å². The normalized spacial score (nSPS) is 11.2. The third kappa shape index (κ3) is 3.36. The van der Waals surface area contributed by atoms with Crippen LogP contribution in [-0.2, 0) is 7.05 Å². The monoisotopic (exact) mass is 285 g/mol. The minimum atomic E-state index is -0.430. The topological polar surface area (TPSA) is 69.7 Å². The number of non-ortho nitro benzene ring substituents is 1. The average Bonchev–Trinajstić information content (AvgIpc) is 2.44. The molecular weight excluding hydrogens is 270 g/mol. The summed E-state index contributed by atoms with van der Waals surface area (Å²) in [4.78, 5) is 14.4. The molecule has 0 unspecified atom stereocenters. The third-order valence-corrected chi connectivity index (χ3v) is 2.92. The maximum Gasteiger partial charge on any atom is 0.269 e. The summed E-state index contributed by atoms with van der Waals surface area (Å²) in [6.45, 7) is 5.33. The van der Waals surface area contributed by atoms with Crippen molar-refractivity contribution in [3.05, 3.63) is 70.5 Å². The predicted molar refractivity (Wildman–Crippen MR) is 79.1 cm³/mol. The van der Waals surface area contributed by atoms with Crippen LogP contribution in [0.1, 0.15) is 5.56 Å². The molecule has 0 N–H and O–H groups in total. The summed E-state index contributed by atoms with van der Waals surface area (Å²) in [5.74, 6) is 1.17. The molecule has 2 rings (SSSR count). The van der Waals surface area contributed by atoms with Gasteiger partial charge >= 0.3 is 0 Å². The Morgan fingerprint density at radius 3 is 2.76 bits per heavy atom. The second kappa shape index (κ2) is 6.04. The van der Waals surface area contributed by atoms with Crippen molar-refractivity contribution in [2.24, 2.45) is 12.0 Å². The molecule has 0 saturated carbocycles. The van der Waals surface area contributed by atoms with Gasteiger partial charge in [0, 0.05) is 37.6 Å². The molecule has 0 amide bonds. The smallest absolute Gasteiger partial charge is 0.269 e. The van der Waals surface area contributed by atoms with Gasteiger partial charge in [0.1, 0.15) is 17.0 Å². The van der Waals surface area contributed by atoms with Crippen LogP contribution in [0.25, 0.3) is 0 Å². The lowest BCUT2D eigenvalue weighted by Gasteiger charge is -2.09. The number of nitro groups is 1. The van der Waals surface area contributed by atoms with Crippen molar-refractivity contribution in [3.63, 3.8) is 0 Å². The van der Waals surface area contributed by atoms with Gasteiger partial charge in [0.05, 0.1) is 4.92 Å². The van der Waals surface area contributed by atoms with E-state index in [1.54, 1.807) is 25.1 Å². The minimum Gasteiger partial charge on any atom is -0.457 e. The molecule has 6 nitrogen and oxygen atoms in total. The van der Waals surface area contributed by atoms with Crippen LogP contribution in [0.3, 0.4) is 0 Å². The second-order valence-corrected chi connectivity index (χ2v) is 4.45. The highest BCUT2D eigenvalue weighted by atomic mass is 16.6. The summed E-state index contributed by atoms with van der Waals surface area (Å²) in [6, 6.07) is 8.05. The maximum absolute atomic E-state index is 10.7. The molecule has 6 heteroatoms. The van der Waals surface area contributed by atoms with Crippen molar-refractivity contribution in [1.82, 2.24) is 4.57 Å². The predicted octanol–water partition coefficient (Wildman–Crippen LogP) is 3.08. The molecule has 1 aromatic heterocycles. The van der Waals surface area contributed by atoms with Crippen LogP contribution >= 0.6 is 0 Å². The highest BCUT2D eigenvalue weighted by Gasteiger charge is 2.09. The number of benzene rings is 1. The van der Waals surface area contributed by atoms with E-state index in [1.165, 1.54) is 18.3 Å². The lowest BCUT2D eigenvalue weighted by molar-refractivity contribution is -0.384. The van der Waals surface area contributed by atoms with Crippen LogP contribution in [0.15, 0.2) is 54.3 Å². The Morgan fingerprint density at radius 1 is 1.38 bits per heavy atom. The Kier molecular flexibility index (Phi) is 4.18. The van der Waals surface area contributed by atoms with E-state index in [9.17, 15) is 10.1 Å². The van der Waals surface area contributed by atoms with E-state index in [2.05, 4.69) is 11.6 Å². The molecule has 0 bridgehead atoms. The number of nitro benzene ring substituents is 1. The average molecular weight is 285 g/mol. The molecule has 0 spiro atoms. The molecule has 2 aromatic rings. The molecule has 0 radical (unpaired) electrons. The van der Waals surface area contributed by atoms with E-state index in [0.29, 0.717) is 22.6 Å². The molecule has 21 heavy (non-hydrogen) atoms. The molecule has 1 aromatic carbocycles. The Morgan fingerprint density at radius 2 is 2.14 bits per heavy atom. The summed E-state index contributed by atoms with van der Waals surface area (Å²) in [7, 11) is 1.86. The third-order valence-electron chi connectivity index (χ3n) is 2.92. The van der Waals surface area contributed by atoms with E-state index in [1.807, 2.05) is 17.8 Å². The van der Waals surface area contributed by atoms with E-state index in [-0.39, 0.29) is 5.69 Å². The fraction of sp³-hybridized carbons (Fsp3) is 0.133. The van der Waals surface area contributed by atoms with Crippen LogP contribution in [0.4, 0.5) is 5.69 Å². The Bertz CT molecular complexity index is 763. The van der Waals surface area contributed by atoms with Gasteiger partial charge in [-0.1, -0.05) is 6.58 Å². The Labute approximate surface area is 121 Å². The molecule has 0 fully saturated rings. The Hall–Kier alpha value is -2.89. The number of hydrogen-bond acceptors (Lipinski definition) is 4. The standard InChI is InChI=1S/C15H15N3O3/c1-4-16-15-10-13(7-8-17(15)3)21-14-6-5-12(18(19)20)9-11(14)2/h4-10H,1H2,2-3H3/b16-15-. The molecule has 0 aliphatic carbocycles. The van der Waals surface area contributed by atoms with Gasteiger partial charge in [-0.3, -0.25) is 10.1 Å². The van der Waals surface area contributed by atoms with E-state index in [4.69, 9.17) is 4.74 Å². The van der Waals surface area contributed by atoms with Crippen LogP contribution in [-0.4, -0.2) is 9.49 Å². The first-order valence-corrected chi connectivity index (χ1v) is 6.25. The summed E-state index contributed by atoms with van der Waals surface area (Å²) in [5.41, 5.74) is 1.43. The number of pyridine rings is 1. The van der Waals surface area contributed by atoms with Crippen molar-refractivity contribution >= 4 is 5.69 Å². The molecule has 1 heterocycles. The molecular formula is C15H15N3O3. The number of nitrogens with zero attached hydrogens (tertiary/aromatic N) is 3. The number of aromatic nitrogens is 1. The van der Waals surface area contributed by atoms with Gasteiger partial charge in [-0.2, -0.15) is 0 Å². The lowest BCUT2D eigenvalue weighted by Crippen LogP contribution is -2.15. The van der Waals surface area contributed by atoms with Gasteiger partial charge < -0.3 is 9.30 Å². The largest absolute Gasteiger partial charge is 0.457 e. The second-order valence-electron chi connectivity index (χ2n) is 4.45. The van der Waals surface area contributed by atoms with Crippen molar-refractivity contribution < 1.29 is 9.66 Å². The van der Waals surface area contributed by atoms with Gasteiger partial charge in [-0.15, -0.1) is 0 Å². The quantitative estimate of drug-likeness (QED) is 0.640. The van der Waals surface area contributed by atoms with Crippen molar-refractivity contribution in [2.45, 2.75) is 6.92 Å². The molecule has 0 saturated heterocycles. The summed E-state index contributed by atoms with van der Waals surface area (Å²) >= 11 is 0. The summed E-state index contributed by atoms with van der Waals surface area (Å²) < 4.78 is 7.59. The maximum atomic E-state index is 10.7. The molecule has 0 aliphatic heterocycles. The minimum absolute atomic E-state index is 0.0432. The van der Waals surface area contributed by atoms with Crippen molar-refractivity contribution in [2.75, 3.05) is 0 Å². The molecule has 0 aliphatic rings. The highest BCUT2D eigenvalue weighted by Crippen LogP contribution is 2.27. The first kappa shape index (κ1) is 14.5. The SMILES string of the molecule is C=C/N=c1/cc(Oc2ccc([N+](=O)[O-])cc2C)ccn1C. The number of hydrogen-bond donors (Lipinski definition) is 0. The first-order chi connectivity index (χ1) is 10.0. The van der Waals surface area contributed by atoms with E-state index in [0.717, 1.165) is 0 Å². The number of ether oxygens (including phenoxy) is 1. The first-order valence-electron chi connectivity index (χ1n) is 6.25. The van der Waals surface area contributed by atoms with Gasteiger partial charge in [-0.25, -0.2) is 4.99 Å². The number of aryl methyl sites for hydroxylation is 2. The van der Waals surface area contributed by atoms with Crippen LogP contribution in [0.2, 0.25) is 0 Å². The van der Waals surface area contributed by atoms with E-state index >= 15 is 0 Å². The van der Waals surface area contributed by atoms with Crippen molar-refractivity contribution in [3.8, 4) is 11.5 Å². The highest BCUT2D eigenvalue weighted by molar-refractivity contribution is 5.44. The zero-order valence-corrected chi connectivity index (χ0v) is 11.8. The van der Waals surface area contributed by atoms with E-state index < -0.39 is 4.92 Å².